The molecule has 1 atom stereocenters. The Morgan fingerprint density at radius 3 is 2.83 bits per heavy atom. The van der Waals surface area contributed by atoms with Gasteiger partial charge in [-0.1, -0.05) is 0 Å². The van der Waals surface area contributed by atoms with Crippen LogP contribution in [-0.4, -0.2) is 24.2 Å². The van der Waals surface area contributed by atoms with Crippen molar-refractivity contribution < 1.29 is 17.9 Å². The molecule has 0 aliphatic carbocycles. The van der Waals surface area contributed by atoms with Crippen LogP contribution in [0.4, 0.5) is 19.0 Å². The second-order valence-electron chi connectivity index (χ2n) is 4.11. The SMILES string of the molecule is FC(F)(F)c1cc(Br)cnc1NC1CCCOC1. The molecule has 1 N–H and O–H groups in total. The van der Waals surface area contributed by atoms with Gasteiger partial charge in [0, 0.05) is 17.3 Å². The molecule has 1 unspecified atom stereocenters. The van der Waals surface area contributed by atoms with Crippen LogP contribution < -0.4 is 5.32 Å². The third-order valence-electron chi connectivity index (χ3n) is 2.66. The molecule has 2 heterocycles. The molecule has 1 aliphatic heterocycles. The lowest BCUT2D eigenvalue weighted by Gasteiger charge is -2.25. The van der Waals surface area contributed by atoms with Crippen LogP contribution in [0.25, 0.3) is 0 Å². The van der Waals surface area contributed by atoms with E-state index in [1.807, 2.05) is 0 Å². The van der Waals surface area contributed by atoms with Crippen LogP contribution in [0.15, 0.2) is 16.7 Å². The molecule has 7 heteroatoms. The molecule has 2 rings (SSSR count). The van der Waals surface area contributed by atoms with Gasteiger partial charge in [0.1, 0.15) is 5.82 Å². The van der Waals surface area contributed by atoms with Gasteiger partial charge in [-0.2, -0.15) is 13.2 Å². The molecule has 100 valence electrons. The van der Waals surface area contributed by atoms with Crippen LogP contribution in [-0.2, 0) is 10.9 Å². The number of nitrogens with zero attached hydrogens (tertiary/aromatic N) is 1. The minimum atomic E-state index is -4.42. The van der Waals surface area contributed by atoms with Crippen LogP contribution in [0.3, 0.4) is 0 Å². The summed E-state index contributed by atoms with van der Waals surface area (Å²) in [5.41, 5.74) is -0.762. The number of hydrogen-bond acceptors (Lipinski definition) is 3. The Hall–Kier alpha value is -0.820. The molecule has 0 bridgehead atoms. The number of ether oxygens (including phenoxy) is 1. The van der Waals surface area contributed by atoms with Crippen molar-refractivity contribution in [1.82, 2.24) is 4.98 Å². The predicted molar refractivity (Wildman–Crippen MR) is 64.4 cm³/mol. The molecule has 0 saturated carbocycles. The Kier molecular flexibility index (Phi) is 4.11. The minimum Gasteiger partial charge on any atom is -0.379 e. The lowest BCUT2D eigenvalue weighted by Crippen LogP contribution is -2.31. The molecule has 1 aromatic heterocycles. The van der Waals surface area contributed by atoms with E-state index in [-0.39, 0.29) is 11.9 Å². The minimum absolute atomic E-state index is 0.117. The molecular formula is C11H12BrF3N2O. The van der Waals surface area contributed by atoms with E-state index < -0.39 is 11.7 Å². The summed E-state index contributed by atoms with van der Waals surface area (Å²) in [7, 11) is 0. The Labute approximate surface area is 111 Å². The number of aromatic nitrogens is 1. The molecule has 1 saturated heterocycles. The van der Waals surface area contributed by atoms with Gasteiger partial charge in [-0.15, -0.1) is 0 Å². The highest BCUT2D eigenvalue weighted by Crippen LogP contribution is 2.35. The number of anilines is 1. The average Bonchev–Trinajstić information content (AvgIpc) is 2.31. The monoisotopic (exact) mass is 324 g/mol. The third-order valence-corrected chi connectivity index (χ3v) is 3.09. The van der Waals surface area contributed by atoms with E-state index in [1.165, 1.54) is 6.20 Å². The van der Waals surface area contributed by atoms with Gasteiger partial charge in [0.25, 0.3) is 0 Å². The van der Waals surface area contributed by atoms with Crippen molar-refractivity contribution in [2.24, 2.45) is 0 Å². The Balaban J connectivity index is 2.21. The van der Waals surface area contributed by atoms with E-state index in [4.69, 9.17) is 4.74 Å². The first-order valence-corrected chi connectivity index (χ1v) is 6.33. The van der Waals surface area contributed by atoms with Gasteiger partial charge in [0.05, 0.1) is 18.2 Å². The zero-order valence-corrected chi connectivity index (χ0v) is 11.0. The molecule has 0 spiro atoms. The molecule has 18 heavy (non-hydrogen) atoms. The molecule has 0 amide bonds. The van der Waals surface area contributed by atoms with Crippen molar-refractivity contribution in [3.05, 3.63) is 22.3 Å². The summed E-state index contributed by atoms with van der Waals surface area (Å²) in [5, 5.41) is 2.81. The van der Waals surface area contributed by atoms with Gasteiger partial charge in [0.15, 0.2) is 0 Å². The van der Waals surface area contributed by atoms with E-state index >= 15 is 0 Å². The highest BCUT2D eigenvalue weighted by molar-refractivity contribution is 9.10. The van der Waals surface area contributed by atoms with Gasteiger partial charge in [0.2, 0.25) is 0 Å². The summed E-state index contributed by atoms with van der Waals surface area (Å²) >= 11 is 3.00. The summed E-state index contributed by atoms with van der Waals surface area (Å²) in [6, 6.07) is 0.910. The summed E-state index contributed by atoms with van der Waals surface area (Å²) in [6.45, 7) is 1.08. The zero-order valence-electron chi connectivity index (χ0n) is 9.43. The summed E-state index contributed by atoms with van der Waals surface area (Å²) in [4.78, 5) is 3.81. The van der Waals surface area contributed by atoms with E-state index in [0.717, 1.165) is 18.9 Å². The highest BCUT2D eigenvalue weighted by atomic mass is 79.9. The largest absolute Gasteiger partial charge is 0.419 e. The highest BCUT2D eigenvalue weighted by Gasteiger charge is 2.35. The summed E-state index contributed by atoms with van der Waals surface area (Å²) in [5.74, 6) is -0.138. The van der Waals surface area contributed by atoms with Gasteiger partial charge in [-0.05, 0) is 34.8 Å². The average molecular weight is 325 g/mol. The van der Waals surface area contributed by atoms with Crippen molar-refractivity contribution in [2.45, 2.75) is 25.1 Å². The van der Waals surface area contributed by atoms with E-state index in [2.05, 4.69) is 26.2 Å². The number of alkyl halides is 3. The quantitative estimate of drug-likeness (QED) is 0.904. The fourth-order valence-corrected chi connectivity index (χ4v) is 2.15. The van der Waals surface area contributed by atoms with Crippen molar-refractivity contribution >= 4 is 21.7 Å². The van der Waals surface area contributed by atoms with Crippen molar-refractivity contribution in [3.8, 4) is 0 Å². The van der Waals surface area contributed by atoms with E-state index in [9.17, 15) is 13.2 Å². The van der Waals surface area contributed by atoms with Crippen molar-refractivity contribution in [3.63, 3.8) is 0 Å². The van der Waals surface area contributed by atoms with E-state index in [0.29, 0.717) is 17.7 Å². The Morgan fingerprint density at radius 1 is 1.44 bits per heavy atom. The second-order valence-corrected chi connectivity index (χ2v) is 5.02. The van der Waals surface area contributed by atoms with E-state index in [1.54, 1.807) is 0 Å². The van der Waals surface area contributed by atoms with Crippen molar-refractivity contribution in [1.29, 1.82) is 0 Å². The number of hydrogen-bond donors (Lipinski definition) is 1. The summed E-state index contributed by atoms with van der Waals surface area (Å²) < 4.78 is 44.1. The predicted octanol–water partition coefficient (Wildman–Crippen LogP) is 3.45. The number of nitrogens with one attached hydrogen (secondary N) is 1. The number of halogens is 4. The van der Waals surface area contributed by atoms with Crippen LogP contribution in [0.1, 0.15) is 18.4 Å². The summed E-state index contributed by atoms with van der Waals surface area (Å²) in [6.07, 6.45) is -1.44. The first-order chi connectivity index (χ1) is 8.47. The normalized spacial score (nSPS) is 20.8. The van der Waals surface area contributed by atoms with Crippen LogP contribution >= 0.6 is 15.9 Å². The van der Waals surface area contributed by atoms with Crippen molar-refractivity contribution in [2.75, 3.05) is 18.5 Å². The first kappa shape index (κ1) is 13.6. The zero-order chi connectivity index (χ0) is 13.2. The number of pyridine rings is 1. The number of rotatable bonds is 2. The van der Waals surface area contributed by atoms with Gasteiger partial charge < -0.3 is 10.1 Å². The molecule has 3 nitrogen and oxygen atoms in total. The Morgan fingerprint density at radius 2 is 2.22 bits per heavy atom. The first-order valence-electron chi connectivity index (χ1n) is 5.54. The molecule has 1 aliphatic rings. The fraction of sp³-hybridized carbons (Fsp3) is 0.545. The standard InChI is InChI=1S/C11H12BrF3N2O/c12-7-4-9(11(13,14)15)10(16-5-7)17-8-2-1-3-18-6-8/h4-5,8H,1-3,6H2,(H,16,17). The molecule has 0 radical (unpaired) electrons. The lowest BCUT2D eigenvalue weighted by molar-refractivity contribution is -0.137. The maximum absolute atomic E-state index is 12.9. The van der Waals surface area contributed by atoms with Crippen LogP contribution in [0.5, 0.6) is 0 Å². The topological polar surface area (TPSA) is 34.2 Å². The Bertz CT molecular complexity index is 419. The molecule has 0 aromatic carbocycles. The molecular weight excluding hydrogens is 313 g/mol. The van der Waals surface area contributed by atoms with Crippen LogP contribution in [0, 0.1) is 0 Å². The third kappa shape index (κ3) is 3.35. The maximum atomic E-state index is 12.9. The maximum Gasteiger partial charge on any atom is 0.419 e. The lowest BCUT2D eigenvalue weighted by atomic mass is 10.1. The molecule has 1 fully saturated rings. The van der Waals surface area contributed by atoms with Gasteiger partial charge >= 0.3 is 6.18 Å². The smallest absolute Gasteiger partial charge is 0.379 e. The van der Waals surface area contributed by atoms with Gasteiger partial charge in [-0.3, -0.25) is 0 Å². The fourth-order valence-electron chi connectivity index (χ4n) is 1.82. The van der Waals surface area contributed by atoms with Gasteiger partial charge in [-0.25, -0.2) is 4.98 Å². The second kappa shape index (κ2) is 5.44. The van der Waals surface area contributed by atoms with Crippen LogP contribution in [0.2, 0.25) is 0 Å². The molecule has 1 aromatic rings.